The van der Waals surface area contributed by atoms with Gasteiger partial charge < -0.3 is 4.42 Å². The molecule has 5 heteroatoms. The van der Waals surface area contributed by atoms with E-state index in [0.29, 0.717) is 6.42 Å². The number of aryl methyl sites for hydroxylation is 1. The third kappa shape index (κ3) is 4.69. The van der Waals surface area contributed by atoms with Gasteiger partial charge in [0.1, 0.15) is 0 Å². The van der Waals surface area contributed by atoms with Crippen molar-refractivity contribution in [1.82, 2.24) is 0 Å². The van der Waals surface area contributed by atoms with Crippen LogP contribution in [-0.4, -0.2) is 18.7 Å². The minimum absolute atomic E-state index is 0.162. The van der Waals surface area contributed by atoms with E-state index in [9.17, 15) is 8.42 Å². The molecule has 0 radical (unpaired) electrons. The molecule has 0 amide bonds. The van der Waals surface area contributed by atoms with Crippen LogP contribution in [0.15, 0.2) is 23.0 Å². The van der Waals surface area contributed by atoms with Gasteiger partial charge >= 0.3 is 0 Å². The molecule has 0 aromatic carbocycles. The van der Waals surface area contributed by atoms with Gasteiger partial charge in [-0.15, -0.1) is 0 Å². The number of hydrogen-bond donors (Lipinski definition) is 1. The summed E-state index contributed by atoms with van der Waals surface area (Å²) in [7, 11) is -3.79. The Hall–Kier alpha value is -0.810. The van der Waals surface area contributed by atoms with E-state index in [1.54, 1.807) is 12.5 Å². The summed E-state index contributed by atoms with van der Waals surface area (Å²) in [4.78, 5) is 0. The first-order valence-corrected chi connectivity index (χ1v) is 5.65. The second-order valence-corrected chi connectivity index (χ2v) is 4.45. The summed E-state index contributed by atoms with van der Waals surface area (Å²) in [5.41, 5.74) is 1.05. The Morgan fingerprint density at radius 3 is 2.69 bits per heavy atom. The number of hydrogen-bond acceptors (Lipinski definition) is 3. The summed E-state index contributed by atoms with van der Waals surface area (Å²) < 4.78 is 33.9. The lowest BCUT2D eigenvalue weighted by Crippen LogP contribution is -2.03. The van der Waals surface area contributed by atoms with Crippen molar-refractivity contribution in [3.63, 3.8) is 0 Å². The summed E-state index contributed by atoms with van der Waals surface area (Å²) >= 11 is 0. The van der Waals surface area contributed by atoms with E-state index in [1.165, 1.54) is 0 Å². The Morgan fingerprint density at radius 1 is 1.38 bits per heavy atom. The van der Waals surface area contributed by atoms with Crippen molar-refractivity contribution in [2.24, 2.45) is 0 Å². The fourth-order valence-corrected chi connectivity index (χ4v) is 1.62. The topological polar surface area (TPSA) is 67.5 Å². The highest BCUT2D eigenvalue weighted by atomic mass is 32.2. The molecule has 0 saturated heterocycles. The molecule has 0 aliphatic heterocycles. The molecular weight excluding hydrogens is 192 g/mol. The van der Waals surface area contributed by atoms with Crippen molar-refractivity contribution in [3.8, 4) is 0 Å². The molecule has 0 aliphatic carbocycles. The molecule has 1 heterocycles. The van der Waals surface area contributed by atoms with Crippen LogP contribution in [-0.2, 0) is 16.5 Å². The summed E-state index contributed by atoms with van der Waals surface area (Å²) in [6.07, 6.45) is 5.21. The fourth-order valence-electron chi connectivity index (χ4n) is 1.05. The molecule has 13 heavy (non-hydrogen) atoms. The molecular formula is C8H12O4S. The van der Waals surface area contributed by atoms with Gasteiger partial charge in [-0.2, -0.15) is 8.42 Å². The van der Waals surface area contributed by atoms with Gasteiger partial charge in [0.15, 0.2) is 0 Å². The van der Waals surface area contributed by atoms with Gasteiger partial charge in [0.05, 0.1) is 18.3 Å². The maximum Gasteiger partial charge on any atom is 0.264 e. The van der Waals surface area contributed by atoms with Crippen LogP contribution < -0.4 is 0 Å². The minimum atomic E-state index is -3.79. The van der Waals surface area contributed by atoms with E-state index >= 15 is 0 Å². The van der Waals surface area contributed by atoms with Crippen molar-refractivity contribution >= 4 is 10.1 Å². The van der Waals surface area contributed by atoms with Crippen molar-refractivity contribution in [2.75, 3.05) is 5.75 Å². The van der Waals surface area contributed by atoms with Crippen LogP contribution in [0, 0.1) is 0 Å². The molecule has 0 saturated carbocycles. The predicted octanol–water partition coefficient (Wildman–Crippen LogP) is 1.49. The molecule has 0 aliphatic rings. The molecule has 0 atom stereocenters. The monoisotopic (exact) mass is 204 g/mol. The summed E-state index contributed by atoms with van der Waals surface area (Å²) in [5.74, 6) is -0.162. The highest BCUT2D eigenvalue weighted by Gasteiger charge is 2.03. The standard InChI is InChI=1S/C8H12O4S/c9-13(10,11)6-2-1-3-8-4-5-12-7-8/h4-5,7H,1-3,6H2,(H,9,10,11). The van der Waals surface area contributed by atoms with Crippen LogP contribution >= 0.6 is 0 Å². The van der Waals surface area contributed by atoms with Gasteiger partial charge in [0.25, 0.3) is 10.1 Å². The SMILES string of the molecule is O=S(=O)(O)CCCCc1ccoc1. The van der Waals surface area contributed by atoms with Crippen LogP contribution in [0.1, 0.15) is 18.4 Å². The Morgan fingerprint density at radius 2 is 2.15 bits per heavy atom. The Kier molecular flexibility index (Phi) is 3.50. The largest absolute Gasteiger partial charge is 0.472 e. The van der Waals surface area contributed by atoms with Crippen molar-refractivity contribution in [1.29, 1.82) is 0 Å². The normalized spacial score (nSPS) is 11.8. The van der Waals surface area contributed by atoms with Crippen molar-refractivity contribution in [3.05, 3.63) is 24.2 Å². The van der Waals surface area contributed by atoms with Crippen LogP contribution in [0.2, 0.25) is 0 Å². The van der Waals surface area contributed by atoms with E-state index in [0.717, 1.165) is 18.4 Å². The Balaban J connectivity index is 2.16. The highest BCUT2D eigenvalue weighted by molar-refractivity contribution is 7.85. The van der Waals surface area contributed by atoms with Gasteiger partial charge in [0, 0.05) is 0 Å². The lowest BCUT2D eigenvalue weighted by molar-refractivity contribution is 0.480. The predicted molar refractivity (Wildman–Crippen MR) is 48.1 cm³/mol. The zero-order chi connectivity index (χ0) is 9.73. The van der Waals surface area contributed by atoms with Gasteiger partial charge in [-0.25, -0.2) is 0 Å². The first-order chi connectivity index (χ1) is 6.08. The zero-order valence-corrected chi connectivity index (χ0v) is 7.96. The van der Waals surface area contributed by atoms with Crippen molar-refractivity contribution < 1.29 is 17.4 Å². The quantitative estimate of drug-likeness (QED) is 0.582. The number of unbranched alkanes of at least 4 members (excludes halogenated alkanes) is 1. The van der Waals surface area contributed by atoms with E-state index in [-0.39, 0.29) is 5.75 Å². The zero-order valence-electron chi connectivity index (χ0n) is 7.14. The molecule has 4 nitrogen and oxygen atoms in total. The lowest BCUT2D eigenvalue weighted by atomic mass is 10.2. The van der Waals surface area contributed by atoms with E-state index in [2.05, 4.69) is 0 Å². The number of rotatable bonds is 5. The number of furan rings is 1. The highest BCUT2D eigenvalue weighted by Crippen LogP contribution is 2.05. The lowest BCUT2D eigenvalue weighted by Gasteiger charge is -1.96. The summed E-state index contributed by atoms with van der Waals surface area (Å²) in [6.45, 7) is 0. The molecule has 1 N–H and O–H groups in total. The average molecular weight is 204 g/mol. The fraction of sp³-hybridized carbons (Fsp3) is 0.500. The second kappa shape index (κ2) is 4.43. The second-order valence-electron chi connectivity index (χ2n) is 2.87. The molecule has 1 rings (SSSR count). The molecule has 1 aromatic rings. The van der Waals surface area contributed by atoms with Gasteiger partial charge in [0.2, 0.25) is 0 Å². The van der Waals surface area contributed by atoms with E-state index in [4.69, 9.17) is 8.97 Å². The van der Waals surface area contributed by atoms with E-state index in [1.807, 2.05) is 6.07 Å². The van der Waals surface area contributed by atoms with Gasteiger partial charge in [-0.3, -0.25) is 4.55 Å². The molecule has 0 spiro atoms. The first-order valence-electron chi connectivity index (χ1n) is 4.04. The van der Waals surface area contributed by atoms with Gasteiger partial charge in [-0.05, 0) is 30.9 Å². The Labute approximate surface area is 77.3 Å². The van der Waals surface area contributed by atoms with Crippen molar-refractivity contribution in [2.45, 2.75) is 19.3 Å². The Bertz CT molecular complexity index is 325. The van der Waals surface area contributed by atoms with E-state index < -0.39 is 10.1 Å². The molecule has 74 valence electrons. The van der Waals surface area contributed by atoms with Crippen LogP contribution in [0.3, 0.4) is 0 Å². The third-order valence-electron chi connectivity index (χ3n) is 1.70. The first kappa shape index (κ1) is 10.3. The molecule has 0 bridgehead atoms. The summed E-state index contributed by atoms with van der Waals surface area (Å²) in [5, 5.41) is 0. The maximum atomic E-state index is 10.3. The third-order valence-corrected chi connectivity index (χ3v) is 2.50. The van der Waals surface area contributed by atoms with Crippen LogP contribution in [0.5, 0.6) is 0 Å². The van der Waals surface area contributed by atoms with Crippen LogP contribution in [0.4, 0.5) is 0 Å². The molecule has 0 unspecified atom stereocenters. The molecule has 1 aromatic heterocycles. The summed E-state index contributed by atoms with van der Waals surface area (Å²) in [6, 6.07) is 1.84. The smallest absolute Gasteiger partial charge is 0.264 e. The van der Waals surface area contributed by atoms with Gasteiger partial charge in [-0.1, -0.05) is 0 Å². The minimum Gasteiger partial charge on any atom is -0.472 e. The average Bonchev–Trinajstić information content (AvgIpc) is 2.48. The maximum absolute atomic E-state index is 10.3. The van der Waals surface area contributed by atoms with Crippen LogP contribution in [0.25, 0.3) is 0 Å². The molecule has 0 fully saturated rings.